The highest BCUT2D eigenvalue weighted by Crippen LogP contribution is 2.28. The summed E-state index contributed by atoms with van der Waals surface area (Å²) in [5, 5.41) is 15.9. The molecule has 5 heteroatoms. The monoisotopic (exact) mass is 303 g/mol. The lowest BCUT2D eigenvalue weighted by molar-refractivity contribution is 0.0753. The van der Waals surface area contributed by atoms with Gasteiger partial charge < -0.3 is 10.4 Å². The van der Waals surface area contributed by atoms with E-state index in [0.717, 1.165) is 29.4 Å². The van der Waals surface area contributed by atoms with Crippen LogP contribution in [0.3, 0.4) is 0 Å². The van der Waals surface area contributed by atoms with E-state index >= 15 is 0 Å². The van der Waals surface area contributed by atoms with Crippen molar-refractivity contribution in [1.82, 2.24) is 9.97 Å². The SMILES string of the molecule is Cc1nc2c(c(NCC(C)(O)c3cccs3)n1)CCCC2. The van der Waals surface area contributed by atoms with Crippen molar-refractivity contribution >= 4 is 17.2 Å². The van der Waals surface area contributed by atoms with E-state index < -0.39 is 5.60 Å². The number of nitrogens with zero attached hydrogens (tertiary/aromatic N) is 2. The molecule has 0 aliphatic heterocycles. The fourth-order valence-corrected chi connectivity index (χ4v) is 3.58. The molecule has 1 aliphatic rings. The number of thiophene rings is 1. The van der Waals surface area contributed by atoms with Crippen LogP contribution in [0.25, 0.3) is 0 Å². The van der Waals surface area contributed by atoms with Gasteiger partial charge in [-0.2, -0.15) is 0 Å². The molecule has 3 rings (SSSR count). The van der Waals surface area contributed by atoms with Gasteiger partial charge in [0.2, 0.25) is 0 Å². The van der Waals surface area contributed by atoms with E-state index in [1.165, 1.54) is 24.1 Å². The Morgan fingerprint density at radius 3 is 2.90 bits per heavy atom. The normalized spacial score (nSPS) is 17.1. The smallest absolute Gasteiger partial charge is 0.133 e. The molecule has 0 fully saturated rings. The second-order valence-electron chi connectivity index (χ2n) is 5.86. The lowest BCUT2D eigenvalue weighted by Gasteiger charge is -2.25. The number of hydrogen-bond acceptors (Lipinski definition) is 5. The van der Waals surface area contributed by atoms with Crippen molar-refractivity contribution in [3.63, 3.8) is 0 Å². The van der Waals surface area contributed by atoms with Gasteiger partial charge >= 0.3 is 0 Å². The average molecular weight is 303 g/mol. The zero-order valence-corrected chi connectivity index (χ0v) is 13.3. The fraction of sp³-hybridized carbons (Fsp3) is 0.500. The minimum absolute atomic E-state index is 0.455. The number of aliphatic hydroxyl groups is 1. The molecule has 0 spiro atoms. The number of aromatic nitrogens is 2. The molecule has 0 saturated carbocycles. The maximum atomic E-state index is 10.6. The maximum Gasteiger partial charge on any atom is 0.133 e. The largest absolute Gasteiger partial charge is 0.383 e. The van der Waals surface area contributed by atoms with E-state index in [9.17, 15) is 5.11 Å². The molecule has 4 nitrogen and oxygen atoms in total. The first-order chi connectivity index (χ1) is 10.1. The summed E-state index contributed by atoms with van der Waals surface area (Å²) in [6.45, 7) is 4.22. The molecule has 2 N–H and O–H groups in total. The Bertz CT molecular complexity index is 623. The quantitative estimate of drug-likeness (QED) is 0.911. The number of hydrogen-bond donors (Lipinski definition) is 2. The predicted octanol–water partition coefficient (Wildman–Crippen LogP) is 3.04. The van der Waals surface area contributed by atoms with Gasteiger partial charge in [-0.05, 0) is 51.0 Å². The highest BCUT2D eigenvalue weighted by molar-refractivity contribution is 7.10. The molecule has 0 saturated heterocycles. The molecule has 2 aromatic heterocycles. The van der Waals surface area contributed by atoms with E-state index in [0.29, 0.717) is 6.54 Å². The van der Waals surface area contributed by atoms with Crippen LogP contribution < -0.4 is 5.32 Å². The number of nitrogens with one attached hydrogen (secondary N) is 1. The Morgan fingerprint density at radius 2 is 2.14 bits per heavy atom. The van der Waals surface area contributed by atoms with Gasteiger partial charge in [-0.15, -0.1) is 11.3 Å². The highest BCUT2D eigenvalue weighted by atomic mass is 32.1. The predicted molar refractivity (Wildman–Crippen MR) is 85.8 cm³/mol. The van der Waals surface area contributed by atoms with Crippen molar-refractivity contribution in [2.75, 3.05) is 11.9 Å². The summed E-state index contributed by atoms with van der Waals surface area (Å²) in [5.74, 6) is 1.70. The summed E-state index contributed by atoms with van der Waals surface area (Å²) in [4.78, 5) is 10.1. The number of aryl methyl sites for hydroxylation is 2. The fourth-order valence-electron chi connectivity index (χ4n) is 2.79. The Hall–Kier alpha value is -1.46. The van der Waals surface area contributed by atoms with Crippen molar-refractivity contribution in [3.8, 4) is 0 Å². The van der Waals surface area contributed by atoms with Gasteiger partial charge in [0.25, 0.3) is 0 Å². The molecule has 112 valence electrons. The summed E-state index contributed by atoms with van der Waals surface area (Å²) in [6, 6.07) is 3.93. The first-order valence-corrected chi connectivity index (χ1v) is 8.31. The molecule has 1 atom stereocenters. The van der Waals surface area contributed by atoms with E-state index in [1.54, 1.807) is 11.3 Å². The van der Waals surface area contributed by atoms with Crippen molar-refractivity contribution in [2.45, 2.75) is 45.1 Å². The minimum Gasteiger partial charge on any atom is -0.383 e. The Labute approximate surface area is 129 Å². The standard InChI is InChI=1S/C16H21N3OS/c1-11-18-13-7-4-3-6-12(13)15(19-11)17-10-16(2,20)14-8-5-9-21-14/h5,8-9,20H,3-4,6-7,10H2,1-2H3,(H,17,18,19). The van der Waals surface area contributed by atoms with Crippen LogP contribution in [0.2, 0.25) is 0 Å². The summed E-state index contributed by atoms with van der Waals surface area (Å²) < 4.78 is 0. The maximum absolute atomic E-state index is 10.6. The third-order valence-electron chi connectivity index (χ3n) is 3.95. The number of fused-ring (bicyclic) bond motifs is 1. The lowest BCUT2D eigenvalue weighted by Crippen LogP contribution is -2.30. The second kappa shape index (κ2) is 5.73. The third kappa shape index (κ3) is 3.09. The van der Waals surface area contributed by atoms with Crippen LogP contribution in [0.15, 0.2) is 17.5 Å². The molecule has 0 aromatic carbocycles. The molecule has 21 heavy (non-hydrogen) atoms. The molecule has 2 aromatic rings. The zero-order valence-electron chi connectivity index (χ0n) is 12.5. The van der Waals surface area contributed by atoms with Crippen LogP contribution in [0.5, 0.6) is 0 Å². The Morgan fingerprint density at radius 1 is 1.33 bits per heavy atom. The molecule has 2 heterocycles. The van der Waals surface area contributed by atoms with Gasteiger partial charge in [0.15, 0.2) is 0 Å². The molecule has 0 radical (unpaired) electrons. The van der Waals surface area contributed by atoms with Crippen molar-refractivity contribution in [1.29, 1.82) is 0 Å². The van der Waals surface area contributed by atoms with Crippen LogP contribution in [0, 0.1) is 6.92 Å². The van der Waals surface area contributed by atoms with Gasteiger partial charge in [-0.25, -0.2) is 9.97 Å². The van der Waals surface area contributed by atoms with E-state index in [2.05, 4.69) is 15.3 Å². The average Bonchev–Trinajstić information content (AvgIpc) is 2.99. The van der Waals surface area contributed by atoms with E-state index in [1.807, 2.05) is 31.4 Å². The third-order valence-corrected chi connectivity index (χ3v) is 5.07. The van der Waals surface area contributed by atoms with Crippen LogP contribution in [-0.4, -0.2) is 21.6 Å². The second-order valence-corrected chi connectivity index (χ2v) is 6.80. The zero-order chi connectivity index (χ0) is 14.9. The molecule has 0 bridgehead atoms. The minimum atomic E-state index is -0.880. The van der Waals surface area contributed by atoms with Crippen LogP contribution >= 0.6 is 11.3 Å². The molecule has 0 amide bonds. The number of rotatable bonds is 4. The van der Waals surface area contributed by atoms with Gasteiger partial charge in [0.05, 0.1) is 0 Å². The van der Waals surface area contributed by atoms with E-state index in [4.69, 9.17) is 0 Å². The summed E-state index contributed by atoms with van der Waals surface area (Å²) >= 11 is 1.57. The summed E-state index contributed by atoms with van der Waals surface area (Å²) in [6.07, 6.45) is 4.46. The molecular formula is C16H21N3OS. The van der Waals surface area contributed by atoms with Crippen LogP contribution in [-0.2, 0) is 18.4 Å². The van der Waals surface area contributed by atoms with Crippen molar-refractivity contribution in [2.24, 2.45) is 0 Å². The summed E-state index contributed by atoms with van der Waals surface area (Å²) in [5.41, 5.74) is 1.52. The first kappa shape index (κ1) is 14.5. The van der Waals surface area contributed by atoms with Crippen molar-refractivity contribution < 1.29 is 5.11 Å². The van der Waals surface area contributed by atoms with Crippen LogP contribution in [0.1, 0.15) is 41.7 Å². The van der Waals surface area contributed by atoms with Gasteiger partial charge in [0.1, 0.15) is 17.2 Å². The molecule has 1 aliphatic carbocycles. The Kier molecular flexibility index (Phi) is 3.95. The summed E-state index contributed by atoms with van der Waals surface area (Å²) in [7, 11) is 0. The number of anilines is 1. The molecule has 1 unspecified atom stereocenters. The van der Waals surface area contributed by atoms with E-state index in [-0.39, 0.29) is 0 Å². The lowest BCUT2D eigenvalue weighted by atomic mass is 9.96. The topological polar surface area (TPSA) is 58.0 Å². The highest BCUT2D eigenvalue weighted by Gasteiger charge is 2.25. The van der Waals surface area contributed by atoms with Crippen molar-refractivity contribution in [3.05, 3.63) is 39.5 Å². The first-order valence-electron chi connectivity index (χ1n) is 7.43. The molecular weight excluding hydrogens is 282 g/mol. The van der Waals surface area contributed by atoms with Crippen LogP contribution in [0.4, 0.5) is 5.82 Å². The van der Waals surface area contributed by atoms with Gasteiger partial charge in [-0.3, -0.25) is 0 Å². The van der Waals surface area contributed by atoms with Gasteiger partial charge in [0, 0.05) is 22.7 Å². The van der Waals surface area contributed by atoms with Gasteiger partial charge in [-0.1, -0.05) is 6.07 Å². The Balaban J connectivity index is 1.81.